The Morgan fingerprint density at radius 1 is 1.60 bits per heavy atom. The number of rotatable bonds is 1. The van der Waals surface area contributed by atoms with Gasteiger partial charge in [-0.3, -0.25) is 0 Å². The van der Waals surface area contributed by atoms with Gasteiger partial charge in [0.15, 0.2) is 3.95 Å². The monoisotopic (exact) mass is 189 g/mol. The molecule has 0 unspecified atom stereocenters. The summed E-state index contributed by atoms with van der Waals surface area (Å²) in [6.45, 7) is 0. The molecular formula is C6H7NS3. The first kappa shape index (κ1) is 6.88. The molecule has 1 aromatic heterocycles. The first-order chi connectivity index (χ1) is 4.77. The predicted octanol–water partition coefficient (Wildman–Crippen LogP) is 2.97. The van der Waals surface area contributed by atoms with Gasteiger partial charge in [-0.05, 0) is 25.1 Å². The van der Waals surface area contributed by atoms with Crippen LogP contribution in [0.5, 0.6) is 0 Å². The summed E-state index contributed by atoms with van der Waals surface area (Å²) in [4.78, 5) is 3.16. The van der Waals surface area contributed by atoms with Gasteiger partial charge in [-0.25, -0.2) is 0 Å². The largest absolute Gasteiger partial charge is 0.340 e. The maximum Gasteiger partial charge on any atom is 0.159 e. The van der Waals surface area contributed by atoms with Gasteiger partial charge in [0.1, 0.15) is 0 Å². The van der Waals surface area contributed by atoms with Gasteiger partial charge in [0, 0.05) is 11.6 Å². The molecule has 1 nitrogen and oxygen atoms in total. The third-order valence-electron chi connectivity index (χ3n) is 1.64. The van der Waals surface area contributed by atoms with E-state index in [9.17, 15) is 0 Å². The SMILES string of the molecule is S=c1[nH]c(C2CC2)c(S)s1. The molecule has 2 rings (SSSR count). The Morgan fingerprint density at radius 2 is 2.30 bits per heavy atom. The first-order valence-electron chi connectivity index (χ1n) is 3.19. The van der Waals surface area contributed by atoms with E-state index in [2.05, 4.69) is 17.6 Å². The van der Waals surface area contributed by atoms with Gasteiger partial charge in [0.2, 0.25) is 0 Å². The molecule has 54 valence electrons. The zero-order valence-electron chi connectivity index (χ0n) is 5.26. The molecule has 0 aromatic carbocycles. The highest BCUT2D eigenvalue weighted by Crippen LogP contribution is 2.43. The molecule has 1 aliphatic carbocycles. The lowest BCUT2D eigenvalue weighted by atomic mass is 10.3. The van der Waals surface area contributed by atoms with Crippen molar-refractivity contribution >= 4 is 36.2 Å². The number of aromatic nitrogens is 1. The zero-order valence-corrected chi connectivity index (χ0v) is 7.78. The van der Waals surface area contributed by atoms with E-state index in [0.29, 0.717) is 0 Å². The van der Waals surface area contributed by atoms with E-state index in [1.54, 1.807) is 11.3 Å². The van der Waals surface area contributed by atoms with Crippen LogP contribution in [0.3, 0.4) is 0 Å². The van der Waals surface area contributed by atoms with Crippen molar-refractivity contribution < 1.29 is 0 Å². The normalized spacial score (nSPS) is 17.7. The van der Waals surface area contributed by atoms with Gasteiger partial charge in [0.05, 0.1) is 4.21 Å². The number of nitrogens with one attached hydrogen (secondary N) is 1. The molecule has 0 radical (unpaired) electrons. The van der Waals surface area contributed by atoms with Crippen LogP contribution in [-0.2, 0) is 0 Å². The van der Waals surface area contributed by atoms with Crippen LogP contribution in [0.15, 0.2) is 4.21 Å². The highest BCUT2D eigenvalue weighted by atomic mass is 32.2. The fraction of sp³-hybridized carbons (Fsp3) is 0.500. The van der Waals surface area contributed by atoms with Crippen LogP contribution < -0.4 is 0 Å². The van der Waals surface area contributed by atoms with E-state index in [-0.39, 0.29) is 0 Å². The van der Waals surface area contributed by atoms with Crippen molar-refractivity contribution in [3.63, 3.8) is 0 Å². The van der Waals surface area contributed by atoms with Gasteiger partial charge in [-0.2, -0.15) is 0 Å². The quantitative estimate of drug-likeness (QED) is 0.512. The molecule has 1 heterocycles. The Labute approximate surface area is 73.9 Å². The van der Waals surface area contributed by atoms with Crippen molar-refractivity contribution in [2.24, 2.45) is 0 Å². The number of hydrogen-bond donors (Lipinski definition) is 2. The Balaban J connectivity index is 2.47. The average molecular weight is 189 g/mol. The zero-order chi connectivity index (χ0) is 7.14. The molecule has 0 bridgehead atoms. The molecule has 0 spiro atoms. The highest BCUT2D eigenvalue weighted by Gasteiger charge is 2.26. The summed E-state index contributed by atoms with van der Waals surface area (Å²) in [5, 5.41) is 0. The number of hydrogen-bond acceptors (Lipinski definition) is 3. The molecule has 4 heteroatoms. The number of H-pyrrole nitrogens is 1. The lowest BCUT2D eigenvalue weighted by Crippen LogP contribution is -1.77. The van der Waals surface area contributed by atoms with Crippen LogP contribution in [0.2, 0.25) is 0 Å². The molecule has 10 heavy (non-hydrogen) atoms. The second-order valence-electron chi connectivity index (χ2n) is 2.51. The summed E-state index contributed by atoms with van der Waals surface area (Å²) in [6.07, 6.45) is 2.60. The van der Waals surface area contributed by atoms with Crippen molar-refractivity contribution in [3.05, 3.63) is 9.65 Å². The van der Waals surface area contributed by atoms with Crippen LogP contribution in [0, 0.1) is 3.95 Å². The second kappa shape index (κ2) is 2.36. The smallest absolute Gasteiger partial charge is 0.159 e. The minimum absolute atomic E-state index is 0.737. The number of thiazole rings is 1. The van der Waals surface area contributed by atoms with Crippen LogP contribution in [0.25, 0.3) is 0 Å². The maximum atomic E-state index is 4.98. The Hall–Kier alpha value is 0.200. The van der Waals surface area contributed by atoms with E-state index in [0.717, 1.165) is 14.1 Å². The van der Waals surface area contributed by atoms with E-state index >= 15 is 0 Å². The molecule has 1 fully saturated rings. The van der Waals surface area contributed by atoms with E-state index in [1.165, 1.54) is 18.5 Å². The van der Waals surface area contributed by atoms with Gasteiger partial charge in [-0.1, -0.05) is 11.3 Å². The number of thiol groups is 1. The van der Waals surface area contributed by atoms with Gasteiger partial charge >= 0.3 is 0 Å². The summed E-state index contributed by atoms with van der Waals surface area (Å²) in [6, 6.07) is 0. The Bertz CT molecular complexity index is 294. The minimum Gasteiger partial charge on any atom is -0.340 e. The molecule has 1 aromatic rings. The predicted molar refractivity (Wildman–Crippen MR) is 48.7 cm³/mol. The molecular weight excluding hydrogens is 182 g/mol. The molecule has 0 aliphatic heterocycles. The van der Waals surface area contributed by atoms with Crippen LogP contribution in [-0.4, -0.2) is 4.98 Å². The van der Waals surface area contributed by atoms with E-state index in [4.69, 9.17) is 12.2 Å². The summed E-state index contributed by atoms with van der Waals surface area (Å²) in [5.74, 6) is 0.737. The number of aromatic amines is 1. The van der Waals surface area contributed by atoms with E-state index in [1.807, 2.05) is 0 Å². The average Bonchev–Trinajstić information content (AvgIpc) is 2.61. The summed E-state index contributed by atoms with van der Waals surface area (Å²) >= 11 is 10.9. The molecule has 1 aliphatic rings. The third-order valence-corrected chi connectivity index (χ3v) is 3.21. The van der Waals surface area contributed by atoms with Crippen molar-refractivity contribution in [2.75, 3.05) is 0 Å². The van der Waals surface area contributed by atoms with Gasteiger partial charge < -0.3 is 4.98 Å². The van der Waals surface area contributed by atoms with Crippen molar-refractivity contribution in [3.8, 4) is 0 Å². The fourth-order valence-electron chi connectivity index (χ4n) is 0.980. The van der Waals surface area contributed by atoms with E-state index < -0.39 is 0 Å². The first-order valence-corrected chi connectivity index (χ1v) is 4.86. The van der Waals surface area contributed by atoms with Crippen LogP contribution >= 0.6 is 36.2 Å². The molecule has 1 N–H and O–H groups in total. The van der Waals surface area contributed by atoms with Gasteiger partial charge in [-0.15, -0.1) is 12.6 Å². The summed E-state index contributed by atoms with van der Waals surface area (Å²) in [5.41, 5.74) is 1.26. The minimum atomic E-state index is 0.737. The fourth-order valence-corrected chi connectivity index (χ4v) is 2.70. The van der Waals surface area contributed by atoms with Gasteiger partial charge in [0.25, 0.3) is 0 Å². The van der Waals surface area contributed by atoms with Crippen molar-refractivity contribution in [1.82, 2.24) is 4.98 Å². The molecule has 0 atom stereocenters. The van der Waals surface area contributed by atoms with Crippen molar-refractivity contribution in [1.29, 1.82) is 0 Å². The molecule has 0 saturated heterocycles. The second-order valence-corrected chi connectivity index (χ2v) is 4.94. The highest BCUT2D eigenvalue weighted by molar-refractivity contribution is 7.83. The summed E-state index contributed by atoms with van der Waals surface area (Å²) in [7, 11) is 0. The Kier molecular flexibility index (Phi) is 1.62. The lowest BCUT2D eigenvalue weighted by Gasteiger charge is -1.89. The van der Waals surface area contributed by atoms with Crippen LogP contribution in [0.1, 0.15) is 24.5 Å². The lowest BCUT2D eigenvalue weighted by molar-refractivity contribution is 1.01. The molecule has 0 amide bonds. The van der Waals surface area contributed by atoms with Crippen molar-refractivity contribution in [2.45, 2.75) is 23.0 Å². The maximum absolute atomic E-state index is 4.98. The Morgan fingerprint density at radius 3 is 2.70 bits per heavy atom. The van der Waals surface area contributed by atoms with Crippen LogP contribution in [0.4, 0.5) is 0 Å². The topological polar surface area (TPSA) is 15.8 Å². The molecule has 1 saturated carbocycles. The summed E-state index contributed by atoms with van der Waals surface area (Å²) < 4.78 is 1.93. The standard InChI is InChI=1S/C6H7NS3/c8-5-4(3-1-2-3)7-6(9)10-5/h3,8H,1-2H2,(H,7,9). The third kappa shape index (κ3) is 1.15.